The SMILES string of the molecule is CN=C(NCC(c1cccc(F)c1)N(C)C)NC1CCCC1.I. The van der Waals surface area contributed by atoms with Gasteiger partial charge in [0, 0.05) is 19.6 Å². The Bertz CT molecular complexity index is 501. The predicted molar refractivity (Wildman–Crippen MR) is 105 cm³/mol. The van der Waals surface area contributed by atoms with Crippen molar-refractivity contribution in [2.24, 2.45) is 4.99 Å². The Balaban J connectivity index is 0.00000264. The van der Waals surface area contributed by atoms with Gasteiger partial charge in [-0.1, -0.05) is 25.0 Å². The van der Waals surface area contributed by atoms with Gasteiger partial charge in [-0.15, -0.1) is 24.0 Å². The molecule has 0 saturated heterocycles. The second-order valence-corrected chi connectivity index (χ2v) is 6.11. The van der Waals surface area contributed by atoms with Crippen LogP contribution in [0.1, 0.15) is 37.3 Å². The zero-order valence-electron chi connectivity index (χ0n) is 14.2. The van der Waals surface area contributed by atoms with Crippen molar-refractivity contribution in [1.82, 2.24) is 15.5 Å². The van der Waals surface area contributed by atoms with Gasteiger partial charge in [0.1, 0.15) is 5.82 Å². The smallest absolute Gasteiger partial charge is 0.191 e. The zero-order valence-corrected chi connectivity index (χ0v) is 16.5. The molecule has 1 fully saturated rings. The molecule has 1 aromatic carbocycles. The molecule has 0 aliphatic heterocycles. The molecule has 0 aromatic heterocycles. The second kappa shape index (κ2) is 10.1. The predicted octanol–water partition coefficient (Wildman–Crippen LogP) is 3.15. The van der Waals surface area contributed by atoms with Gasteiger partial charge in [0.15, 0.2) is 5.96 Å². The molecule has 1 aromatic rings. The van der Waals surface area contributed by atoms with Gasteiger partial charge >= 0.3 is 0 Å². The Morgan fingerprint density at radius 3 is 2.61 bits per heavy atom. The molecule has 0 heterocycles. The number of likely N-dealkylation sites (N-methyl/N-ethyl adjacent to an activating group) is 1. The summed E-state index contributed by atoms with van der Waals surface area (Å²) in [6.45, 7) is 0.683. The van der Waals surface area contributed by atoms with Gasteiger partial charge in [-0.3, -0.25) is 4.99 Å². The summed E-state index contributed by atoms with van der Waals surface area (Å²) in [5, 5.41) is 6.84. The standard InChI is InChI=1S/C17H27FN4.HI/c1-19-17(21-15-9-4-5-10-15)20-12-16(22(2)3)13-7-6-8-14(18)11-13;/h6-8,11,15-16H,4-5,9-10,12H2,1-3H3,(H2,19,20,21);1H. The lowest BCUT2D eigenvalue weighted by molar-refractivity contribution is 0.297. The van der Waals surface area contributed by atoms with Gasteiger partial charge in [0.05, 0.1) is 6.04 Å². The van der Waals surface area contributed by atoms with Gasteiger partial charge in [0.2, 0.25) is 0 Å². The number of rotatable bonds is 5. The van der Waals surface area contributed by atoms with Crippen molar-refractivity contribution in [2.45, 2.75) is 37.8 Å². The zero-order chi connectivity index (χ0) is 15.9. The average molecular weight is 434 g/mol. The maximum Gasteiger partial charge on any atom is 0.191 e. The Labute approximate surface area is 156 Å². The molecule has 1 unspecified atom stereocenters. The van der Waals surface area contributed by atoms with Gasteiger partial charge in [-0.25, -0.2) is 4.39 Å². The maximum absolute atomic E-state index is 13.5. The normalized spacial score (nSPS) is 17.0. The van der Waals surface area contributed by atoms with E-state index in [2.05, 4.69) is 20.5 Å². The van der Waals surface area contributed by atoms with E-state index in [4.69, 9.17) is 0 Å². The minimum absolute atomic E-state index is 0. The number of nitrogens with one attached hydrogen (secondary N) is 2. The van der Waals surface area contributed by atoms with E-state index in [9.17, 15) is 4.39 Å². The summed E-state index contributed by atoms with van der Waals surface area (Å²) in [5.41, 5.74) is 0.966. The molecule has 2 rings (SSSR count). The van der Waals surface area contributed by atoms with Crippen LogP contribution < -0.4 is 10.6 Å². The van der Waals surface area contributed by atoms with Crippen LogP contribution in [0.15, 0.2) is 29.3 Å². The number of aliphatic imine (C=N–C) groups is 1. The first-order valence-electron chi connectivity index (χ1n) is 7.99. The lowest BCUT2D eigenvalue weighted by Crippen LogP contribution is -2.45. The largest absolute Gasteiger partial charge is 0.354 e. The summed E-state index contributed by atoms with van der Waals surface area (Å²) in [5.74, 6) is 0.632. The summed E-state index contributed by atoms with van der Waals surface area (Å²) >= 11 is 0. The molecule has 1 aliphatic rings. The number of hydrogen-bond acceptors (Lipinski definition) is 2. The lowest BCUT2D eigenvalue weighted by atomic mass is 10.1. The number of guanidine groups is 1. The van der Waals surface area contributed by atoms with E-state index in [1.807, 2.05) is 20.2 Å². The third-order valence-electron chi connectivity index (χ3n) is 4.24. The highest BCUT2D eigenvalue weighted by Gasteiger charge is 2.18. The molecule has 6 heteroatoms. The Hall–Kier alpha value is -0.890. The van der Waals surface area contributed by atoms with E-state index < -0.39 is 0 Å². The van der Waals surface area contributed by atoms with Gasteiger partial charge < -0.3 is 15.5 Å². The molecule has 2 N–H and O–H groups in total. The van der Waals surface area contributed by atoms with E-state index in [-0.39, 0.29) is 35.8 Å². The Morgan fingerprint density at radius 1 is 1.35 bits per heavy atom. The van der Waals surface area contributed by atoms with Crippen molar-refractivity contribution in [3.05, 3.63) is 35.6 Å². The van der Waals surface area contributed by atoms with Crippen LogP contribution in [0.2, 0.25) is 0 Å². The van der Waals surface area contributed by atoms with E-state index in [0.717, 1.165) is 11.5 Å². The van der Waals surface area contributed by atoms with Crippen molar-refractivity contribution in [1.29, 1.82) is 0 Å². The van der Waals surface area contributed by atoms with Crippen molar-refractivity contribution in [3.8, 4) is 0 Å². The van der Waals surface area contributed by atoms with Crippen LogP contribution >= 0.6 is 24.0 Å². The molecule has 4 nitrogen and oxygen atoms in total. The van der Waals surface area contributed by atoms with Crippen molar-refractivity contribution in [2.75, 3.05) is 27.7 Å². The highest BCUT2D eigenvalue weighted by Crippen LogP contribution is 2.19. The summed E-state index contributed by atoms with van der Waals surface area (Å²) in [6.07, 6.45) is 5.00. The van der Waals surface area contributed by atoms with Crippen LogP contribution in [0.25, 0.3) is 0 Å². The molecule has 0 bridgehead atoms. The second-order valence-electron chi connectivity index (χ2n) is 6.11. The van der Waals surface area contributed by atoms with Crippen molar-refractivity contribution >= 4 is 29.9 Å². The summed E-state index contributed by atoms with van der Waals surface area (Å²) < 4.78 is 13.5. The van der Waals surface area contributed by atoms with Crippen LogP contribution in [0.5, 0.6) is 0 Å². The monoisotopic (exact) mass is 434 g/mol. The van der Waals surface area contributed by atoms with Crippen molar-refractivity contribution in [3.63, 3.8) is 0 Å². The molecule has 130 valence electrons. The Morgan fingerprint density at radius 2 is 2.04 bits per heavy atom. The summed E-state index contributed by atoms with van der Waals surface area (Å²) in [4.78, 5) is 6.38. The van der Waals surface area contributed by atoms with Crippen LogP contribution in [-0.2, 0) is 0 Å². The van der Waals surface area contributed by atoms with E-state index in [1.54, 1.807) is 19.2 Å². The molecule has 1 saturated carbocycles. The molecule has 0 amide bonds. The molecule has 1 aliphatic carbocycles. The first-order valence-corrected chi connectivity index (χ1v) is 7.99. The lowest BCUT2D eigenvalue weighted by Gasteiger charge is -2.26. The Kier molecular flexibility index (Phi) is 8.83. The van der Waals surface area contributed by atoms with Crippen LogP contribution in [0, 0.1) is 5.82 Å². The average Bonchev–Trinajstić information content (AvgIpc) is 2.99. The van der Waals surface area contributed by atoms with Gasteiger partial charge in [-0.05, 0) is 44.6 Å². The highest BCUT2D eigenvalue weighted by molar-refractivity contribution is 14.0. The molecule has 0 radical (unpaired) electrons. The minimum Gasteiger partial charge on any atom is -0.354 e. The fraction of sp³-hybridized carbons (Fsp3) is 0.588. The summed E-state index contributed by atoms with van der Waals surface area (Å²) in [6, 6.07) is 7.41. The first-order chi connectivity index (χ1) is 10.6. The molecular formula is C17H28FIN4. The van der Waals surface area contributed by atoms with Crippen LogP contribution in [-0.4, -0.2) is 44.6 Å². The number of benzene rings is 1. The third-order valence-corrected chi connectivity index (χ3v) is 4.24. The topological polar surface area (TPSA) is 39.7 Å². The van der Waals surface area contributed by atoms with Crippen molar-refractivity contribution < 1.29 is 4.39 Å². The quantitative estimate of drug-likeness (QED) is 0.425. The van der Waals surface area contributed by atoms with E-state index in [0.29, 0.717) is 12.6 Å². The minimum atomic E-state index is -0.196. The molecule has 1 atom stereocenters. The highest BCUT2D eigenvalue weighted by atomic mass is 127. The summed E-state index contributed by atoms with van der Waals surface area (Å²) in [7, 11) is 5.80. The number of hydrogen-bond donors (Lipinski definition) is 2. The van der Waals surface area contributed by atoms with Gasteiger partial charge in [0.25, 0.3) is 0 Å². The molecule has 23 heavy (non-hydrogen) atoms. The fourth-order valence-corrected chi connectivity index (χ4v) is 2.96. The number of halogens is 2. The van der Waals surface area contributed by atoms with E-state index >= 15 is 0 Å². The van der Waals surface area contributed by atoms with Crippen LogP contribution in [0.3, 0.4) is 0 Å². The molecule has 0 spiro atoms. The number of nitrogens with zero attached hydrogens (tertiary/aromatic N) is 2. The fourth-order valence-electron chi connectivity index (χ4n) is 2.96. The third kappa shape index (κ3) is 6.25. The van der Waals surface area contributed by atoms with Gasteiger partial charge in [-0.2, -0.15) is 0 Å². The maximum atomic E-state index is 13.5. The molecular weight excluding hydrogens is 406 g/mol. The van der Waals surface area contributed by atoms with Crippen LogP contribution in [0.4, 0.5) is 4.39 Å². The first kappa shape index (κ1) is 20.2. The van der Waals surface area contributed by atoms with E-state index in [1.165, 1.54) is 31.7 Å².